The molecule has 3 rings (SSSR count). The minimum Gasteiger partial charge on any atom is -0.489 e. The molecular weight excluding hydrogens is 346 g/mol. The molecule has 2 N–H and O–H groups in total. The van der Waals surface area contributed by atoms with Crippen molar-refractivity contribution < 1.29 is 9.84 Å². The Kier molecular flexibility index (Phi) is 6.67. The number of aliphatic hydroxyl groups is 1. The highest BCUT2D eigenvalue weighted by Gasteiger charge is 2.06. The lowest BCUT2D eigenvalue weighted by atomic mass is 10.1. The molecule has 0 aromatic heterocycles. The Bertz CT molecular complexity index is 789. The molecule has 26 heavy (non-hydrogen) atoms. The van der Waals surface area contributed by atoms with E-state index >= 15 is 0 Å². The van der Waals surface area contributed by atoms with E-state index in [4.69, 9.17) is 16.3 Å². The minimum absolute atomic E-state index is 0.480. The third kappa shape index (κ3) is 5.60. The van der Waals surface area contributed by atoms with E-state index in [1.807, 2.05) is 66.7 Å². The number of nitrogens with one attached hydrogen (secondary N) is 1. The van der Waals surface area contributed by atoms with Gasteiger partial charge in [-0.15, -0.1) is 0 Å². The van der Waals surface area contributed by atoms with Crippen molar-refractivity contribution in [3.8, 4) is 5.75 Å². The zero-order valence-corrected chi connectivity index (χ0v) is 15.2. The summed E-state index contributed by atoms with van der Waals surface area (Å²) < 4.78 is 5.79. The SMILES string of the molecule is O[C@H](CNCc1ccc(OCc2ccccc2)cc1)c1ccc(Cl)cc1. The molecule has 0 aliphatic heterocycles. The molecular formula is C22H22ClNO2. The van der Waals surface area contributed by atoms with Crippen LogP contribution in [-0.4, -0.2) is 11.7 Å². The predicted molar refractivity (Wildman–Crippen MR) is 105 cm³/mol. The lowest BCUT2D eigenvalue weighted by Gasteiger charge is -2.13. The van der Waals surface area contributed by atoms with Crippen LogP contribution in [0, 0.1) is 0 Å². The van der Waals surface area contributed by atoms with E-state index in [1.54, 1.807) is 12.1 Å². The van der Waals surface area contributed by atoms with Crippen LogP contribution in [0.4, 0.5) is 0 Å². The number of aliphatic hydroxyl groups excluding tert-OH is 1. The van der Waals surface area contributed by atoms with Crippen LogP contribution in [0.15, 0.2) is 78.9 Å². The van der Waals surface area contributed by atoms with Crippen molar-refractivity contribution >= 4 is 11.6 Å². The fraction of sp³-hybridized carbons (Fsp3) is 0.182. The maximum Gasteiger partial charge on any atom is 0.119 e. The second-order valence-corrected chi connectivity index (χ2v) is 6.55. The van der Waals surface area contributed by atoms with Crippen molar-refractivity contribution in [1.29, 1.82) is 0 Å². The molecule has 0 saturated heterocycles. The number of halogens is 1. The van der Waals surface area contributed by atoms with Gasteiger partial charge < -0.3 is 15.2 Å². The second-order valence-electron chi connectivity index (χ2n) is 6.12. The molecule has 134 valence electrons. The lowest BCUT2D eigenvalue weighted by molar-refractivity contribution is 0.174. The van der Waals surface area contributed by atoms with Crippen molar-refractivity contribution in [2.75, 3.05) is 6.54 Å². The van der Waals surface area contributed by atoms with Crippen LogP contribution >= 0.6 is 11.6 Å². The zero-order chi connectivity index (χ0) is 18.2. The Balaban J connectivity index is 1.43. The first-order valence-corrected chi connectivity index (χ1v) is 8.98. The van der Waals surface area contributed by atoms with Crippen LogP contribution in [-0.2, 0) is 13.2 Å². The molecule has 0 aliphatic carbocycles. The van der Waals surface area contributed by atoms with Crippen molar-refractivity contribution in [2.24, 2.45) is 0 Å². The largest absolute Gasteiger partial charge is 0.489 e. The number of benzene rings is 3. The van der Waals surface area contributed by atoms with Crippen LogP contribution in [0.1, 0.15) is 22.8 Å². The fourth-order valence-electron chi connectivity index (χ4n) is 2.60. The standard InChI is InChI=1S/C22H22ClNO2/c23-20-10-8-19(9-11-20)22(25)15-24-14-17-6-12-21(13-7-17)26-16-18-4-2-1-3-5-18/h1-13,22,24-25H,14-16H2/t22-/m1/s1. The highest BCUT2D eigenvalue weighted by molar-refractivity contribution is 6.30. The monoisotopic (exact) mass is 367 g/mol. The minimum atomic E-state index is -0.555. The summed E-state index contributed by atoms with van der Waals surface area (Å²) in [6.07, 6.45) is -0.555. The summed E-state index contributed by atoms with van der Waals surface area (Å²) in [5.74, 6) is 0.846. The van der Waals surface area contributed by atoms with Crippen LogP contribution in [0.2, 0.25) is 5.02 Å². The Morgan fingerprint density at radius 1 is 0.846 bits per heavy atom. The van der Waals surface area contributed by atoms with E-state index in [0.717, 1.165) is 22.4 Å². The Morgan fingerprint density at radius 3 is 2.23 bits per heavy atom. The predicted octanol–water partition coefficient (Wildman–Crippen LogP) is 4.74. The Labute approximate surface area is 159 Å². The molecule has 0 bridgehead atoms. The Morgan fingerprint density at radius 2 is 1.54 bits per heavy atom. The molecule has 0 unspecified atom stereocenters. The van der Waals surface area contributed by atoms with Gasteiger partial charge in [-0.1, -0.05) is 66.2 Å². The van der Waals surface area contributed by atoms with E-state index in [0.29, 0.717) is 24.7 Å². The number of hydrogen-bond donors (Lipinski definition) is 2. The summed E-state index contributed by atoms with van der Waals surface area (Å²) in [7, 11) is 0. The number of ether oxygens (including phenoxy) is 1. The first-order valence-electron chi connectivity index (χ1n) is 8.60. The fourth-order valence-corrected chi connectivity index (χ4v) is 2.73. The summed E-state index contributed by atoms with van der Waals surface area (Å²) in [6.45, 7) is 1.73. The molecule has 0 aliphatic rings. The molecule has 1 atom stereocenters. The third-order valence-electron chi connectivity index (χ3n) is 4.09. The summed E-state index contributed by atoms with van der Waals surface area (Å²) in [5, 5.41) is 14.1. The van der Waals surface area contributed by atoms with Crippen LogP contribution < -0.4 is 10.1 Å². The van der Waals surface area contributed by atoms with E-state index in [2.05, 4.69) is 5.32 Å². The molecule has 0 radical (unpaired) electrons. The highest BCUT2D eigenvalue weighted by atomic mass is 35.5. The summed E-state index contributed by atoms with van der Waals surface area (Å²) in [4.78, 5) is 0. The number of hydrogen-bond acceptors (Lipinski definition) is 3. The van der Waals surface area contributed by atoms with Gasteiger partial charge in [0.2, 0.25) is 0 Å². The highest BCUT2D eigenvalue weighted by Crippen LogP contribution is 2.17. The number of rotatable bonds is 8. The van der Waals surface area contributed by atoms with Gasteiger partial charge in [-0.2, -0.15) is 0 Å². The quantitative estimate of drug-likeness (QED) is 0.604. The average Bonchev–Trinajstić information content (AvgIpc) is 2.68. The maximum atomic E-state index is 10.2. The van der Waals surface area contributed by atoms with Gasteiger partial charge in [-0.05, 0) is 41.0 Å². The van der Waals surface area contributed by atoms with Gasteiger partial charge >= 0.3 is 0 Å². The molecule has 0 spiro atoms. The third-order valence-corrected chi connectivity index (χ3v) is 4.35. The average molecular weight is 368 g/mol. The lowest BCUT2D eigenvalue weighted by Crippen LogP contribution is -2.21. The Hall–Kier alpha value is -2.33. The van der Waals surface area contributed by atoms with Gasteiger partial charge in [0.15, 0.2) is 0 Å². The normalized spacial score (nSPS) is 11.9. The molecule has 0 fully saturated rings. The molecule has 0 saturated carbocycles. The molecule has 3 nitrogen and oxygen atoms in total. The van der Waals surface area contributed by atoms with Gasteiger partial charge in [0.05, 0.1) is 6.10 Å². The summed E-state index contributed by atoms with van der Waals surface area (Å²) in [5.41, 5.74) is 3.14. The molecule has 4 heteroatoms. The van der Waals surface area contributed by atoms with Crippen molar-refractivity contribution in [1.82, 2.24) is 5.32 Å². The summed E-state index contributed by atoms with van der Waals surface area (Å²) >= 11 is 5.86. The maximum absolute atomic E-state index is 10.2. The first kappa shape index (κ1) is 18.5. The van der Waals surface area contributed by atoms with E-state index < -0.39 is 6.10 Å². The van der Waals surface area contributed by atoms with E-state index in [1.165, 1.54) is 0 Å². The van der Waals surface area contributed by atoms with Gasteiger partial charge in [-0.3, -0.25) is 0 Å². The van der Waals surface area contributed by atoms with Crippen molar-refractivity contribution in [3.05, 3.63) is 101 Å². The van der Waals surface area contributed by atoms with Gasteiger partial charge in [-0.25, -0.2) is 0 Å². The van der Waals surface area contributed by atoms with E-state index in [9.17, 15) is 5.11 Å². The topological polar surface area (TPSA) is 41.5 Å². The smallest absolute Gasteiger partial charge is 0.119 e. The van der Waals surface area contributed by atoms with Crippen LogP contribution in [0.3, 0.4) is 0 Å². The van der Waals surface area contributed by atoms with Crippen LogP contribution in [0.5, 0.6) is 5.75 Å². The molecule has 3 aromatic rings. The first-order chi connectivity index (χ1) is 12.7. The zero-order valence-electron chi connectivity index (χ0n) is 14.4. The second kappa shape index (κ2) is 9.39. The van der Waals surface area contributed by atoms with Gasteiger partial charge in [0.25, 0.3) is 0 Å². The van der Waals surface area contributed by atoms with Crippen molar-refractivity contribution in [3.63, 3.8) is 0 Å². The molecule has 0 amide bonds. The van der Waals surface area contributed by atoms with E-state index in [-0.39, 0.29) is 0 Å². The van der Waals surface area contributed by atoms with Crippen molar-refractivity contribution in [2.45, 2.75) is 19.3 Å². The summed E-state index contributed by atoms with van der Waals surface area (Å²) in [6, 6.07) is 25.3. The van der Waals surface area contributed by atoms with Crippen LogP contribution in [0.25, 0.3) is 0 Å². The molecule has 3 aromatic carbocycles. The van der Waals surface area contributed by atoms with Gasteiger partial charge in [0.1, 0.15) is 12.4 Å². The molecule has 0 heterocycles. The van der Waals surface area contributed by atoms with Gasteiger partial charge in [0, 0.05) is 18.1 Å².